The van der Waals surface area contributed by atoms with E-state index < -0.39 is 10.2 Å². The summed E-state index contributed by atoms with van der Waals surface area (Å²) in [6.07, 6.45) is -0.217. The van der Waals surface area contributed by atoms with E-state index in [0.717, 1.165) is 11.1 Å². The van der Waals surface area contributed by atoms with Crippen molar-refractivity contribution in [3.8, 4) is 0 Å². The summed E-state index contributed by atoms with van der Waals surface area (Å²) in [5, 5.41) is 9.09. The Morgan fingerprint density at radius 3 is 2.52 bits per heavy atom. The van der Waals surface area contributed by atoms with Gasteiger partial charge in [0.05, 0.1) is 18.8 Å². The number of ether oxygens (including phenoxy) is 1. The maximum Gasteiger partial charge on any atom is 0.279 e. The normalized spacial score (nSPS) is 24.1. The van der Waals surface area contributed by atoms with Crippen LogP contribution in [0.4, 0.5) is 0 Å². The smallest absolute Gasteiger partial charge is 0.279 e. The lowest BCUT2D eigenvalue weighted by atomic mass is 10.1. The van der Waals surface area contributed by atoms with E-state index in [9.17, 15) is 8.42 Å². The van der Waals surface area contributed by atoms with Crippen LogP contribution >= 0.6 is 0 Å². The van der Waals surface area contributed by atoms with Gasteiger partial charge < -0.3 is 9.84 Å². The van der Waals surface area contributed by atoms with E-state index in [1.807, 2.05) is 19.9 Å². The maximum atomic E-state index is 12.3. The molecule has 0 aromatic heterocycles. The minimum absolute atomic E-state index is 0.0565. The number of aliphatic hydroxyl groups excluding tert-OH is 1. The number of rotatable bonds is 5. The molecule has 1 heterocycles. The summed E-state index contributed by atoms with van der Waals surface area (Å²) in [5.41, 5.74) is 1.58. The third-order valence-corrected chi connectivity index (χ3v) is 4.85. The first-order valence-corrected chi connectivity index (χ1v) is 8.43. The molecule has 1 fully saturated rings. The molecule has 0 radical (unpaired) electrons. The lowest BCUT2D eigenvalue weighted by molar-refractivity contribution is -0.0444. The second-order valence-corrected chi connectivity index (χ2v) is 7.13. The molecule has 0 spiro atoms. The van der Waals surface area contributed by atoms with E-state index in [0.29, 0.717) is 13.1 Å². The summed E-state index contributed by atoms with van der Waals surface area (Å²) < 4.78 is 34.2. The Morgan fingerprint density at radius 1 is 1.29 bits per heavy atom. The summed E-state index contributed by atoms with van der Waals surface area (Å²) in [7, 11) is -3.53. The number of morpholine rings is 1. The van der Waals surface area contributed by atoms with Crippen LogP contribution in [-0.2, 0) is 28.1 Å². The van der Waals surface area contributed by atoms with Crippen molar-refractivity contribution in [2.75, 3.05) is 13.1 Å². The van der Waals surface area contributed by atoms with Crippen LogP contribution in [0.15, 0.2) is 24.3 Å². The number of nitrogens with zero attached hydrogens (tertiary/aromatic N) is 1. The molecule has 0 amide bonds. The molecule has 1 saturated heterocycles. The second-order valence-electron chi connectivity index (χ2n) is 5.38. The van der Waals surface area contributed by atoms with Gasteiger partial charge in [0.25, 0.3) is 10.2 Å². The van der Waals surface area contributed by atoms with Crippen LogP contribution in [0.2, 0.25) is 0 Å². The van der Waals surface area contributed by atoms with Crippen molar-refractivity contribution in [2.45, 2.75) is 39.2 Å². The summed E-state index contributed by atoms with van der Waals surface area (Å²) in [5.74, 6) is 0. The first-order valence-electron chi connectivity index (χ1n) is 6.99. The van der Waals surface area contributed by atoms with Crippen molar-refractivity contribution >= 4 is 10.2 Å². The van der Waals surface area contributed by atoms with Gasteiger partial charge in [0.2, 0.25) is 0 Å². The standard InChI is InChI=1S/C14H22N2O4S/c1-11-8-16(9-12(2)20-11)21(18,19)15-7-13-4-3-5-14(6-13)10-17/h3-6,11-12,15,17H,7-10H2,1-2H3. The Hall–Kier alpha value is -0.990. The van der Waals surface area contributed by atoms with Gasteiger partial charge in [-0.15, -0.1) is 0 Å². The molecule has 1 aliphatic heterocycles. The number of hydrogen-bond donors (Lipinski definition) is 2. The molecule has 6 nitrogen and oxygen atoms in total. The highest BCUT2D eigenvalue weighted by molar-refractivity contribution is 7.87. The molecule has 2 unspecified atom stereocenters. The highest BCUT2D eigenvalue weighted by Gasteiger charge is 2.30. The van der Waals surface area contributed by atoms with Crippen molar-refractivity contribution in [1.82, 2.24) is 9.03 Å². The summed E-state index contributed by atoms with van der Waals surface area (Å²) in [6, 6.07) is 7.21. The molecule has 1 aromatic rings. The van der Waals surface area contributed by atoms with E-state index in [1.54, 1.807) is 18.2 Å². The molecule has 118 valence electrons. The Morgan fingerprint density at radius 2 is 1.90 bits per heavy atom. The van der Waals surface area contributed by atoms with Crippen LogP contribution in [-0.4, -0.2) is 43.1 Å². The minimum atomic E-state index is -3.53. The second kappa shape index (κ2) is 6.85. The Kier molecular flexibility index (Phi) is 5.34. The van der Waals surface area contributed by atoms with Gasteiger partial charge in [-0.2, -0.15) is 17.4 Å². The highest BCUT2D eigenvalue weighted by atomic mass is 32.2. The van der Waals surface area contributed by atoms with Gasteiger partial charge in [0, 0.05) is 19.6 Å². The molecule has 21 heavy (non-hydrogen) atoms. The van der Waals surface area contributed by atoms with Crippen molar-refractivity contribution < 1.29 is 18.3 Å². The number of hydrogen-bond acceptors (Lipinski definition) is 4. The molecular weight excluding hydrogens is 292 g/mol. The predicted octanol–water partition coefficient (Wildman–Crippen LogP) is 0.622. The van der Waals surface area contributed by atoms with Crippen LogP contribution in [0, 0.1) is 0 Å². The Bertz CT molecular complexity index is 566. The van der Waals surface area contributed by atoms with Crippen LogP contribution in [0.25, 0.3) is 0 Å². The van der Waals surface area contributed by atoms with Gasteiger partial charge in [0.15, 0.2) is 0 Å². The zero-order chi connectivity index (χ0) is 15.5. The summed E-state index contributed by atoms with van der Waals surface area (Å²) >= 11 is 0. The quantitative estimate of drug-likeness (QED) is 0.835. The Labute approximate surface area is 125 Å². The van der Waals surface area contributed by atoms with Gasteiger partial charge in [-0.05, 0) is 25.0 Å². The predicted molar refractivity (Wildman–Crippen MR) is 79.7 cm³/mol. The topological polar surface area (TPSA) is 78.9 Å². The largest absolute Gasteiger partial charge is 0.392 e. The lowest BCUT2D eigenvalue weighted by Crippen LogP contribution is -2.51. The molecule has 1 aromatic carbocycles. The summed E-state index contributed by atoms with van der Waals surface area (Å²) in [4.78, 5) is 0. The first kappa shape index (κ1) is 16.4. The molecule has 7 heteroatoms. The Balaban J connectivity index is 2.00. The molecule has 0 bridgehead atoms. The van der Waals surface area contributed by atoms with Crippen LogP contribution in [0.5, 0.6) is 0 Å². The van der Waals surface area contributed by atoms with E-state index in [4.69, 9.17) is 9.84 Å². The van der Waals surface area contributed by atoms with E-state index in [2.05, 4.69) is 4.72 Å². The van der Waals surface area contributed by atoms with Crippen LogP contribution in [0.1, 0.15) is 25.0 Å². The average molecular weight is 314 g/mol. The lowest BCUT2D eigenvalue weighted by Gasteiger charge is -2.34. The van der Waals surface area contributed by atoms with Gasteiger partial charge in [-0.3, -0.25) is 0 Å². The van der Waals surface area contributed by atoms with Gasteiger partial charge in [0.1, 0.15) is 0 Å². The van der Waals surface area contributed by atoms with E-state index in [-0.39, 0.29) is 25.4 Å². The van der Waals surface area contributed by atoms with Gasteiger partial charge in [-0.25, -0.2) is 0 Å². The van der Waals surface area contributed by atoms with Crippen molar-refractivity contribution in [2.24, 2.45) is 0 Å². The zero-order valence-electron chi connectivity index (χ0n) is 12.3. The number of benzene rings is 1. The number of aliphatic hydroxyl groups is 1. The highest BCUT2D eigenvalue weighted by Crippen LogP contribution is 2.14. The third kappa shape index (κ3) is 4.49. The summed E-state index contributed by atoms with van der Waals surface area (Å²) in [6.45, 7) is 4.59. The van der Waals surface area contributed by atoms with Crippen molar-refractivity contribution in [3.63, 3.8) is 0 Å². The van der Waals surface area contributed by atoms with Crippen LogP contribution in [0.3, 0.4) is 0 Å². The molecule has 2 N–H and O–H groups in total. The fourth-order valence-corrected chi connectivity index (χ4v) is 3.77. The fraction of sp³-hybridized carbons (Fsp3) is 0.571. The van der Waals surface area contributed by atoms with E-state index in [1.165, 1.54) is 4.31 Å². The molecule has 2 rings (SSSR count). The fourth-order valence-electron chi connectivity index (χ4n) is 2.43. The molecule has 2 atom stereocenters. The van der Waals surface area contributed by atoms with Crippen LogP contribution < -0.4 is 4.72 Å². The van der Waals surface area contributed by atoms with Gasteiger partial charge in [-0.1, -0.05) is 24.3 Å². The SMILES string of the molecule is CC1CN(S(=O)(=O)NCc2cccc(CO)c2)CC(C)O1. The first-order chi connectivity index (χ1) is 9.90. The maximum absolute atomic E-state index is 12.3. The minimum Gasteiger partial charge on any atom is -0.392 e. The third-order valence-electron chi connectivity index (χ3n) is 3.36. The monoisotopic (exact) mass is 314 g/mol. The number of nitrogens with one attached hydrogen (secondary N) is 1. The molecular formula is C14H22N2O4S. The van der Waals surface area contributed by atoms with Gasteiger partial charge >= 0.3 is 0 Å². The molecule has 0 saturated carbocycles. The average Bonchev–Trinajstić information content (AvgIpc) is 2.44. The molecule has 0 aliphatic carbocycles. The van der Waals surface area contributed by atoms with E-state index >= 15 is 0 Å². The molecule has 1 aliphatic rings. The van der Waals surface area contributed by atoms with Crippen molar-refractivity contribution in [3.05, 3.63) is 35.4 Å². The van der Waals surface area contributed by atoms with Crippen molar-refractivity contribution in [1.29, 1.82) is 0 Å². The zero-order valence-corrected chi connectivity index (χ0v) is 13.1.